The molecule has 1 aliphatic heterocycles. The Balaban J connectivity index is 1.73. The molecule has 4 heterocycles. The Morgan fingerprint density at radius 2 is 1.93 bits per heavy atom. The summed E-state index contributed by atoms with van der Waals surface area (Å²) in [7, 11) is 0. The lowest BCUT2D eigenvalue weighted by atomic mass is 10.1. The van der Waals surface area contributed by atoms with Gasteiger partial charge in [0.15, 0.2) is 5.69 Å². The normalized spacial score (nSPS) is 14.7. The lowest BCUT2D eigenvalue weighted by molar-refractivity contribution is 0.0660. The number of primary amides is 1. The van der Waals surface area contributed by atoms with E-state index >= 15 is 0 Å². The van der Waals surface area contributed by atoms with Crippen molar-refractivity contribution in [1.29, 1.82) is 0 Å². The Hall–Kier alpha value is -3.62. The van der Waals surface area contributed by atoms with Crippen molar-refractivity contribution in [2.45, 2.75) is 19.0 Å². The van der Waals surface area contributed by atoms with Crippen LogP contribution >= 0.6 is 0 Å². The first-order valence-electron chi connectivity index (χ1n) is 9.23. The van der Waals surface area contributed by atoms with Crippen LogP contribution in [0.5, 0.6) is 0 Å². The molecule has 0 unspecified atom stereocenters. The number of hydrogen-bond acceptors (Lipinski definition) is 5. The van der Waals surface area contributed by atoms with Crippen LogP contribution < -0.4 is 5.73 Å². The van der Waals surface area contributed by atoms with E-state index in [0.29, 0.717) is 43.0 Å². The number of carbonyl (C=O) groups excluding carboxylic acids is 2. The summed E-state index contributed by atoms with van der Waals surface area (Å²) in [5, 5.41) is 4.47. The fraction of sp³-hybridized carbons (Fsp3) is 0.250. The third-order valence-corrected chi connectivity index (χ3v) is 4.84. The lowest BCUT2D eigenvalue weighted by Gasteiger charge is -2.27. The second-order valence-electron chi connectivity index (χ2n) is 6.80. The van der Waals surface area contributed by atoms with Crippen molar-refractivity contribution in [2.75, 3.05) is 13.1 Å². The number of alkyl halides is 1. The highest BCUT2D eigenvalue weighted by molar-refractivity contribution is 5.94. The maximum Gasteiger partial charge on any atom is 0.274 e. The van der Waals surface area contributed by atoms with Crippen LogP contribution in [0.15, 0.2) is 48.9 Å². The molecule has 2 N–H and O–H groups in total. The van der Waals surface area contributed by atoms with Gasteiger partial charge in [0.1, 0.15) is 6.17 Å². The molecule has 0 atom stereocenters. The average Bonchev–Trinajstić information content (AvgIpc) is 3.20. The monoisotopic (exact) mass is 394 g/mol. The van der Waals surface area contributed by atoms with E-state index in [4.69, 9.17) is 5.73 Å². The zero-order valence-corrected chi connectivity index (χ0v) is 15.5. The molecule has 148 valence electrons. The van der Waals surface area contributed by atoms with Crippen molar-refractivity contribution >= 4 is 11.8 Å². The summed E-state index contributed by atoms with van der Waals surface area (Å²) in [5.41, 5.74) is 7.55. The molecule has 4 rings (SSSR count). The minimum Gasteiger partial charge on any atom is -0.366 e. The Morgan fingerprint density at radius 3 is 2.55 bits per heavy atom. The maximum atomic E-state index is 13.4. The van der Waals surface area contributed by atoms with Crippen LogP contribution in [0.2, 0.25) is 0 Å². The van der Waals surface area contributed by atoms with Gasteiger partial charge in [-0.2, -0.15) is 5.10 Å². The van der Waals surface area contributed by atoms with Crippen LogP contribution in [0.4, 0.5) is 4.39 Å². The standard InChI is InChI=1S/C20H19FN6O2/c21-14-5-8-26(9-6-14)20(29)17-10-18(16-4-3-13(11-24-16)19(22)28)27(25-17)15-2-1-7-23-12-15/h1-4,7,10-12,14H,5-6,8-9H2,(H2,22,28). The average molecular weight is 394 g/mol. The second-order valence-corrected chi connectivity index (χ2v) is 6.80. The third-order valence-electron chi connectivity index (χ3n) is 4.84. The Labute approximate surface area is 166 Å². The molecular formula is C20H19FN6O2. The highest BCUT2D eigenvalue weighted by Gasteiger charge is 2.26. The van der Waals surface area contributed by atoms with E-state index in [-0.39, 0.29) is 17.2 Å². The number of hydrogen-bond donors (Lipinski definition) is 1. The predicted molar refractivity (Wildman–Crippen MR) is 103 cm³/mol. The van der Waals surface area contributed by atoms with E-state index in [1.54, 1.807) is 46.2 Å². The molecule has 0 spiro atoms. The number of rotatable bonds is 4. The van der Waals surface area contributed by atoms with Gasteiger partial charge in [-0.25, -0.2) is 9.07 Å². The van der Waals surface area contributed by atoms with Gasteiger partial charge >= 0.3 is 0 Å². The number of carbonyl (C=O) groups is 2. The molecule has 0 saturated carbocycles. The summed E-state index contributed by atoms with van der Waals surface area (Å²) >= 11 is 0. The molecule has 8 nitrogen and oxygen atoms in total. The fourth-order valence-electron chi connectivity index (χ4n) is 3.25. The molecular weight excluding hydrogens is 375 g/mol. The lowest BCUT2D eigenvalue weighted by Crippen LogP contribution is -2.39. The van der Waals surface area contributed by atoms with E-state index in [2.05, 4.69) is 15.1 Å². The van der Waals surface area contributed by atoms with E-state index in [1.165, 1.54) is 6.20 Å². The first kappa shape index (κ1) is 18.7. The first-order valence-corrected chi connectivity index (χ1v) is 9.23. The number of pyridine rings is 2. The summed E-state index contributed by atoms with van der Waals surface area (Å²) in [6.07, 6.45) is 4.44. The molecule has 1 aliphatic rings. The van der Waals surface area contributed by atoms with Gasteiger partial charge in [0.05, 0.1) is 28.8 Å². The molecule has 3 aromatic rings. The molecule has 2 amide bonds. The summed E-state index contributed by atoms with van der Waals surface area (Å²) in [5.74, 6) is -0.827. The van der Waals surface area contributed by atoms with Gasteiger partial charge in [-0.05, 0) is 43.2 Å². The van der Waals surface area contributed by atoms with Gasteiger partial charge in [-0.15, -0.1) is 0 Å². The predicted octanol–water partition coefficient (Wildman–Crippen LogP) is 2.00. The minimum absolute atomic E-state index is 0.238. The molecule has 29 heavy (non-hydrogen) atoms. The van der Waals surface area contributed by atoms with Gasteiger partial charge in [0, 0.05) is 25.5 Å². The second kappa shape index (κ2) is 7.78. The van der Waals surface area contributed by atoms with E-state index < -0.39 is 12.1 Å². The minimum atomic E-state index is -0.865. The van der Waals surface area contributed by atoms with Crippen molar-refractivity contribution in [3.05, 3.63) is 60.2 Å². The number of nitrogens with zero attached hydrogens (tertiary/aromatic N) is 5. The smallest absolute Gasteiger partial charge is 0.274 e. The maximum absolute atomic E-state index is 13.4. The number of likely N-dealkylation sites (tertiary alicyclic amines) is 1. The molecule has 0 aliphatic carbocycles. The third kappa shape index (κ3) is 3.84. The number of amides is 2. The van der Waals surface area contributed by atoms with Crippen molar-refractivity contribution < 1.29 is 14.0 Å². The van der Waals surface area contributed by atoms with E-state index in [1.807, 2.05) is 6.07 Å². The highest BCUT2D eigenvalue weighted by Crippen LogP contribution is 2.24. The number of piperidine rings is 1. The zero-order valence-electron chi connectivity index (χ0n) is 15.5. The van der Waals surface area contributed by atoms with Gasteiger partial charge in [-0.3, -0.25) is 19.6 Å². The van der Waals surface area contributed by atoms with Crippen LogP contribution in [-0.2, 0) is 0 Å². The summed E-state index contributed by atoms with van der Waals surface area (Å²) in [6.45, 7) is 0.724. The van der Waals surface area contributed by atoms with Crippen molar-refractivity contribution in [1.82, 2.24) is 24.6 Å². The van der Waals surface area contributed by atoms with Crippen LogP contribution in [0.3, 0.4) is 0 Å². The summed E-state index contributed by atoms with van der Waals surface area (Å²) in [4.78, 5) is 34.2. The van der Waals surface area contributed by atoms with Gasteiger partial charge in [0.2, 0.25) is 5.91 Å². The Bertz CT molecular complexity index is 1030. The van der Waals surface area contributed by atoms with Crippen molar-refractivity contribution in [3.63, 3.8) is 0 Å². The SMILES string of the molecule is NC(=O)c1ccc(-c2cc(C(=O)N3CCC(F)CC3)nn2-c2cccnc2)nc1. The van der Waals surface area contributed by atoms with Crippen molar-refractivity contribution in [2.24, 2.45) is 5.73 Å². The van der Waals surface area contributed by atoms with Crippen LogP contribution in [-0.4, -0.2) is 55.7 Å². The van der Waals surface area contributed by atoms with Crippen LogP contribution in [0, 0.1) is 0 Å². The number of aromatic nitrogens is 4. The van der Waals surface area contributed by atoms with Gasteiger partial charge < -0.3 is 10.6 Å². The highest BCUT2D eigenvalue weighted by atomic mass is 19.1. The Kier molecular flexibility index (Phi) is 5.03. The van der Waals surface area contributed by atoms with Crippen LogP contribution in [0.1, 0.15) is 33.7 Å². The first-order chi connectivity index (χ1) is 14.0. The topological polar surface area (TPSA) is 107 Å². The molecule has 0 aromatic carbocycles. The van der Waals surface area contributed by atoms with Crippen molar-refractivity contribution in [3.8, 4) is 17.1 Å². The molecule has 3 aromatic heterocycles. The number of nitrogens with two attached hydrogens (primary N) is 1. The van der Waals surface area contributed by atoms with Gasteiger partial charge in [0.25, 0.3) is 5.91 Å². The number of halogens is 1. The molecule has 0 radical (unpaired) electrons. The van der Waals surface area contributed by atoms with Gasteiger partial charge in [-0.1, -0.05) is 0 Å². The molecule has 1 fully saturated rings. The summed E-state index contributed by atoms with van der Waals surface area (Å²) < 4.78 is 15.0. The summed E-state index contributed by atoms with van der Waals surface area (Å²) in [6, 6.07) is 8.43. The molecule has 9 heteroatoms. The van der Waals surface area contributed by atoms with E-state index in [9.17, 15) is 14.0 Å². The Morgan fingerprint density at radius 1 is 1.14 bits per heavy atom. The molecule has 1 saturated heterocycles. The largest absolute Gasteiger partial charge is 0.366 e. The fourth-order valence-corrected chi connectivity index (χ4v) is 3.25. The zero-order chi connectivity index (χ0) is 20.4. The quantitative estimate of drug-likeness (QED) is 0.728. The van der Waals surface area contributed by atoms with E-state index in [0.717, 1.165) is 0 Å². The molecule has 0 bridgehead atoms. The van der Waals surface area contributed by atoms with Crippen LogP contribution in [0.25, 0.3) is 17.1 Å².